The molecule has 0 unspecified atom stereocenters. The Hall–Kier alpha value is -3.67. The van der Waals surface area contributed by atoms with Gasteiger partial charge in [-0.25, -0.2) is 9.67 Å². The number of aryl methyl sites for hydroxylation is 1. The highest BCUT2D eigenvalue weighted by atomic mass is 16.5. The maximum atomic E-state index is 6.18. The molecule has 0 aliphatic rings. The average Bonchev–Trinajstić information content (AvgIpc) is 3.42. The molecule has 0 radical (unpaired) electrons. The maximum absolute atomic E-state index is 6.18. The van der Waals surface area contributed by atoms with Crippen molar-refractivity contribution in [2.24, 2.45) is 0 Å². The predicted molar refractivity (Wildman–Crippen MR) is 108 cm³/mol. The maximum Gasteiger partial charge on any atom is 0.146 e. The molecule has 0 amide bonds. The van der Waals surface area contributed by atoms with Gasteiger partial charge in [-0.2, -0.15) is 0 Å². The lowest BCUT2D eigenvalue weighted by molar-refractivity contribution is 0.260. The fourth-order valence-electron chi connectivity index (χ4n) is 2.90. The molecule has 0 aliphatic carbocycles. The van der Waals surface area contributed by atoms with Crippen LogP contribution in [0.2, 0.25) is 0 Å². The summed E-state index contributed by atoms with van der Waals surface area (Å²) in [6.45, 7) is 4.39. The fourth-order valence-corrected chi connectivity index (χ4v) is 2.90. The molecule has 0 saturated heterocycles. The van der Waals surface area contributed by atoms with Crippen LogP contribution in [0.1, 0.15) is 23.7 Å². The van der Waals surface area contributed by atoms with E-state index in [9.17, 15) is 0 Å². The van der Waals surface area contributed by atoms with Crippen LogP contribution in [-0.4, -0.2) is 24.5 Å². The lowest BCUT2D eigenvalue weighted by Gasteiger charge is -2.14. The van der Waals surface area contributed by atoms with E-state index in [1.807, 2.05) is 66.3 Å². The third kappa shape index (κ3) is 3.86. The number of rotatable bonds is 6. The number of aromatic nitrogens is 5. The van der Waals surface area contributed by atoms with Gasteiger partial charge in [-0.05, 0) is 26.0 Å². The average molecular weight is 371 g/mol. The van der Waals surface area contributed by atoms with Crippen LogP contribution in [0.3, 0.4) is 0 Å². The Morgan fingerprint density at radius 2 is 1.82 bits per heavy atom. The van der Waals surface area contributed by atoms with Gasteiger partial charge in [0.25, 0.3) is 0 Å². The molecule has 0 N–H and O–H groups in total. The topological polar surface area (TPSA) is 57.8 Å². The summed E-state index contributed by atoms with van der Waals surface area (Å²) in [5, 5.41) is 8.47. The predicted octanol–water partition coefficient (Wildman–Crippen LogP) is 4.33. The Bertz CT molecular complexity index is 1060. The van der Waals surface area contributed by atoms with Crippen molar-refractivity contribution in [3.05, 3.63) is 96.3 Å². The SMILES string of the molecule is C/C(=C(/OCc1cn(-c2ccc(C)cc2)nn1)c1ccccc1)n1ccnc1. The number of benzene rings is 2. The van der Waals surface area contributed by atoms with E-state index in [4.69, 9.17) is 4.74 Å². The van der Waals surface area contributed by atoms with E-state index >= 15 is 0 Å². The number of hydrogen-bond donors (Lipinski definition) is 0. The van der Waals surface area contributed by atoms with Crippen molar-refractivity contribution in [3.63, 3.8) is 0 Å². The largest absolute Gasteiger partial charge is 0.485 e. The van der Waals surface area contributed by atoms with Crippen molar-refractivity contribution in [3.8, 4) is 5.69 Å². The molecular formula is C22H21N5O. The second-order valence-electron chi connectivity index (χ2n) is 6.53. The molecule has 2 aromatic heterocycles. The zero-order valence-corrected chi connectivity index (χ0v) is 15.9. The minimum Gasteiger partial charge on any atom is -0.485 e. The zero-order valence-electron chi connectivity index (χ0n) is 15.9. The van der Waals surface area contributed by atoms with Crippen molar-refractivity contribution >= 4 is 11.5 Å². The van der Waals surface area contributed by atoms with E-state index in [1.165, 1.54) is 5.56 Å². The van der Waals surface area contributed by atoms with Crippen LogP contribution < -0.4 is 0 Å². The minimum absolute atomic E-state index is 0.322. The summed E-state index contributed by atoms with van der Waals surface area (Å²) in [6.07, 6.45) is 7.30. The first-order valence-electron chi connectivity index (χ1n) is 9.06. The second kappa shape index (κ2) is 7.92. The number of ether oxygens (including phenoxy) is 1. The van der Waals surface area contributed by atoms with Gasteiger partial charge in [0.05, 0.1) is 23.9 Å². The van der Waals surface area contributed by atoms with Gasteiger partial charge in [-0.1, -0.05) is 53.2 Å². The minimum atomic E-state index is 0.322. The number of imidazole rings is 1. The van der Waals surface area contributed by atoms with E-state index in [-0.39, 0.29) is 0 Å². The summed E-state index contributed by atoms with van der Waals surface area (Å²) < 4.78 is 9.88. The molecule has 2 aromatic carbocycles. The highest BCUT2D eigenvalue weighted by molar-refractivity contribution is 5.77. The van der Waals surface area contributed by atoms with Crippen molar-refractivity contribution in [2.45, 2.75) is 20.5 Å². The number of allylic oxidation sites excluding steroid dienone is 1. The molecule has 2 heterocycles. The fraction of sp³-hybridized carbons (Fsp3) is 0.136. The Labute approximate surface area is 163 Å². The van der Waals surface area contributed by atoms with Gasteiger partial charge in [-0.15, -0.1) is 5.10 Å². The molecule has 0 bridgehead atoms. The standard InChI is InChI=1S/C22H21N5O/c1-17-8-10-21(11-9-17)27-14-20(24-25-27)15-28-22(19-6-4-3-5-7-19)18(2)26-13-12-23-16-26/h3-14,16H,15H2,1-2H3/b22-18-. The van der Waals surface area contributed by atoms with Crippen LogP contribution in [-0.2, 0) is 11.3 Å². The Kier molecular flexibility index (Phi) is 5.01. The summed E-state index contributed by atoms with van der Waals surface area (Å²) in [5.74, 6) is 0.781. The molecule has 0 spiro atoms. The monoisotopic (exact) mass is 371 g/mol. The van der Waals surface area contributed by atoms with E-state index < -0.39 is 0 Å². The van der Waals surface area contributed by atoms with Crippen molar-refractivity contribution in [2.75, 3.05) is 0 Å². The number of hydrogen-bond acceptors (Lipinski definition) is 4. The quantitative estimate of drug-likeness (QED) is 0.473. The summed E-state index contributed by atoms with van der Waals surface area (Å²) >= 11 is 0. The van der Waals surface area contributed by atoms with E-state index in [1.54, 1.807) is 17.2 Å². The summed E-state index contributed by atoms with van der Waals surface area (Å²) in [6, 6.07) is 18.2. The first kappa shape index (κ1) is 17.7. The van der Waals surface area contributed by atoms with E-state index in [0.717, 1.165) is 28.4 Å². The molecular weight excluding hydrogens is 350 g/mol. The van der Waals surface area contributed by atoms with Gasteiger partial charge in [0.2, 0.25) is 0 Å². The molecule has 6 heteroatoms. The molecule has 0 atom stereocenters. The molecule has 0 fully saturated rings. The van der Waals surface area contributed by atoms with E-state index in [2.05, 4.69) is 34.4 Å². The van der Waals surface area contributed by atoms with E-state index in [0.29, 0.717) is 6.61 Å². The second-order valence-corrected chi connectivity index (χ2v) is 6.53. The number of nitrogens with zero attached hydrogens (tertiary/aromatic N) is 5. The molecule has 0 saturated carbocycles. The molecule has 4 rings (SSSR count). The van der Waals surface area contributed by atoms with Crippen LogP contribution in [0.4, 0.5) is 0 Å². The van der Waals surface area contributed by atoms with Crippen LogP contribution in [0.25, 0.3) is 17.1 Å². The Morgan fingerprint density at radius 3 is 2.54 bits per heavy atom. The third-order valence-electron chi connectivity index (χ3n) is 4.46. The van der Waals surface area contributed by atoms with Gasteiger partial charge in [0.1, 0.15) is 18.1 Å². The lowest BCUT2D eigenvalue weighted by Crippen LogP contribution is -2.01. The van der Waals surface area contributed by atoms with Gasteiger partial charge < -0.3 is 9.30 Å². The van der Waals surface area contributed by atoms with Gasteiger partial charge >= 0.3 is 0 Å². The van der Waals surface area contributed by atoms with Gasteiger partial charge in [0.15, 0.2) is 0 Å². The zero-order chi connectivity index (χ0) is 19.3. The van der Waals surface area contributed by atoms with Crippen molar-refractivity contribution < 1.29 is 4.74 Å². The highest BCUT2D eigenvalue weighted by Crippen LogP contribution is 2.24. The smallest absolute Gasteiger partial charge is 0.146 e. The Balaban J connectivity index is 1.57. The first-order chi connectivity index (χ1) is 13.7. The molecule has 140 valence electrons. The molecule has 0 aliphatic heterocycles. The van der Waals surface area contributed by atoms with Crippen LogP contribution in [0.15, 0.2) is 79.5 Å². The van der Waals surface area contributed by atoms with Crippen molar-refractivity contribution in [1.82, 2.24) is 24.5 Å². The Morgan fingerprint density at radius 1 is 1.04 bits per heavy atom. The summed E-state index contributed by atoms with van der Waals surface area (Å²) in [5.41, 5.74) is 4.89. The molecule has 4 aromatic rings. The molecule has 28 heavy (non-hydrogen) atoms. The summed E-state index contributed by atoms with van der Waals surface area (Å²) in [4.78, 5) is 4.13. The summed E-state index contributed by atoms with van der Waals surface area (Å²) in [7, 11) is 0. The van der Waals surface area contributed by atoms with Crippen LogP contribution >= 0.6 is 0 Å². The van der Waals surface area contributed by atoms with Crippen LogP contribution in [0, 0.1) is 6.92 Å². The normalized spacial score (nSPS) is 11.9. The van der Waals surface area contributed by atoms with Crippen molar-refractivity contribution in [1.29, 1.82) is 0 Å². The highest BCUT2D eigenvalue weighted by Gasteiger charge is 2.11. The first-order valence-corrected chi connectivity index (χ1v) is 9.06. The lowest BCUT2D eigenvalue weighted by atomic mass is 10.1. The molecule has 6 nitrogen and oxygen atoms in total. The van der Waals surface area contributed by atoms with Gasteiger partial charge in [-0.3, -0.25) is 0 Å². The van der Waals surface area contributed by atoms with Crippen LogP contribution in [0.5, 0.6) is 0 Å². The third-order valence-corrected chi connectivity index (χ3v) is 4.46. The van der Waals surface area contributed by atoms with Gasteiger partial charge in [0, 0.05) is 18.0 Å².